The zero-order valence-corrected chi connectivity index (χ0v) is 17.8. The van der Waals surface area contributed by atoms with Crippen LogP contribution >= 0.6 is 11.8 Å². The highest BCUT2D eigenvalue weighted by Gasteiger charge is 2.22. The molecule has 0 radical (unpaired) electrons. The molecule has 0 bridgehead atoms. The average Bonchev–Trinajstić information content (AvgIpc) is 3.13. The Labute approximate surface area is 169 Å². The highest BCUT2D eigenvalue weighted by Crippen LogP contribution is 2.28. The minimum atomic E-state index is -3.53. The fraction of sp³-hybridized carbons (Fsp3) is 0.333. The molecule has 0 saturated carbocycles. The van der Waals surface area contributed by atoms with Gasteiger partial charge in [-0.15, -0.1) is 5.10 Å². The van der Waals surface area contributed by atoms with Gasteiger partial charge in [-0.25, -0.2) is 13.4 Å². The van der Waals surface area contributed by atoms with Gasteiger partial charge in [0.1, 0.15) is 9.92 Å². The smallest absolute Gasteiger partial charge is 0.244 e. The fourth-order valence-corrected chi connectivity index (χ4v) is 4.88. The van der Waals surface area contributed by atoms with Gasteiger partial charge in [-0.2, -0.15) is 8.99 Å². The number of pyridine rings is 1. The number of hydrogen-bond donors (Lipinski definition) is 0. The number of rotatable bonds is 7. The van der Waals surface area contributed by atoms with Crippen molar-refractivity contribution in [1.29, 1.82) is 0 Å². The van der Waals surface area contributed by atoms with Crippen LogP contribution < -0.4 is 0 Å². The summed E-state index contributed by atoms with van der Waals surface area (Å²) in [4.78, 5) is 4.47. The van der Waals surface area contributed by atoms with E-state index in [0.29, 0.717) is 23.3 Å². The molecular weight excluding hydrogens is 396 g/mol. The quantitative estimate of drug-likeness (QED) is 0.582. The van der Waals surface area contributed by atoms with E-state index in [1.165, 1.54) is 22.3 Å². The maximum atomic E-state index is 12.6. The topological polar surface area (TPSA) is 93.9 Å². The van der Waals surface area contributed by atoms with Gasteiger partial charge in [0.25, 0.3) is 0 Å². The number of hydrogen-bond acceptors (Lipinski definition) is 7. The van der Waals surface area contributed by atoms with Crippen LogP contribution in [0.4, 0.5) is 0 Å². The third-order valence-corrected chi connectivity index (χ3v) is 7.41. The molecule has 0 amide bonds. The standard InChI is InChI=1S/C18H22N6O2S2/c1-5-23(6-2)28(25,26)15-10-11-17(19-12-15)27-18-20-21-22-24(18)16-9-7-8-13(3)14(16)4/h7-12H,5-6H2,1-4H3. The molecule has 148 valence electrons. The molecule has 1 aromatic carbocycles. The van der Waals surface area contributed by atoms with E-state index in [1.807, 2.05) is 45.9 Å². The van der Waals surface area contributed by atoms with E-state index < -0.39 is 10.0 Å². The van der Waals surface area contributed by atoms with Crippen molar-refractivity contribution in [1.82, 2.24) is 29.5 Å². The number of nitrogens with zero attached hydrogens (tertiary/aromatic N) is 6. The molecule has 0 unspecified atom stereocenters. The third-order valence-electron chi connectivity index (χ3n) is 4.49. The lowest BCUT2D eigenvalue weighted by atomic mass is 10.1. The minimum Gasteiger partial charge on any atom is -0.248 e. The molecule has 0 aliphatic rings. The number of benzene rings is 1. The van der Waals surface area contributed by atoms with Crippen LogP contribution in [0, 0.1) is 13.8 Å². The first-order chi connectivity index (χ1) is 13.4. The molecule has 10 heteroatoms. The number of sulfonamides is 1. The second-order valence-electron chi connectivity index (χ2n) is 6.12. The van der Waals surface area contributed by atoms with Crippen LogP contribution in [0.3, 0.4) is 0 Å². The van der Waals surface area contributed by atoms with Gasteiger partial charge in [0.15, 0.2) is 0 Å². The van der Waals surface area contributed by atoms with Crippen LogP contribution in [0.5, 0.6) is 0 Å². The van der Waals surface area contributed by atoms with E-state index in [0.717, 1.165) is 16.8 Å². The predicted molar refractivity (Wildman–Crippen MR) is 107 cm³/mol. The van der Waals surface area contributed by atoms with Crippen molar-refractivity contribution in [2.75, 3.05) is 13.1 Å². The van der Waals surface area contributed by atoms with Crippen LogP contribution in [0.25, 0.3) is 5.69 Å². The summed E-state index contributed by atoms with van der Waals surface area (Å²) in [5.41, 5.74) is 3.13. The lowest BCUT2D eigenvalue weighted by Gasteiger charge is -2.18. The van der Waals surface area contributed by atoms with Gasteiger partial charge in [0.2, 0.25) is 15.2 Å². The van der Waals surface area contributed by atoms with Crippen LogP contribution in [0.15, 0.2) is 51.6 Å². The molecule has 0 spiro atoms. The van der Waals surface area contributed by atoms with E-state index >= 15 is 0 Å². The minimum absolute atomic E-state index is 0.176. The van der Waals surface area contributed by atoms with Crippen molar-refractivity contribution in [3.63, 3.8) is 0 Å². The van der Waals surface area contributed by atoms with Gasteiger partial charge < -0.3 is 0 Å². The van der Waals surface area contributed by atoms with Crippen molar-refractivity contribution < 1.29 is 8.42 Å². The summed E-state index contributed by atoms with van der Waals surface area (Å²) in [6, 6.07) is 9.18. The SMILES string of the molecule is CCN(CC)S(=O)(=O)c1ccc(Sc2nnnn2-c2cccc(C)c2C)nc1. The Balaban J connectivity index is 1.87. The predicted octanol–water partition coefficient (Wildman–Crippen LogP) is 2.86. The van der Waals surface area contributed by atoms with Crippen LogP contribution in [-0.2, 0) is 10.0 Å². The molecule has 0 N–H and O–H groups in total. The highest BCUT2D eigenvalue weighted by atomic mass is 32.2. The first kappa shape index (κ1) is 20.4. The average molecular weight is 419 g/mol. The van der Waals surface area contributed by atoms with Crippen molar-refractivity contribution in [2.45, 2.75) is 42.8 Å². The van der Waals surface area contributed by atoms with Crippen LogP contribution in [0.2, 0.25) is 0 Å². The molecule has 0 fully saturated rings. The van der Waals surface area contributed by atoms with Gasteiger partial charge in [0, 0.05) is 19.3 Å². The van der Waals surface area contributed by atoms with Crippen molar-refractivity contribution in [2.24, 2.45) is 0 Å². The Morgan fingerprint density at radius 2 is 1.86 bits per heavy atom. The van der Waals surface area contributed by atoms with Crippen molar-refractivity contribution in [3.8, 4) is 5.69 Å². The molecule has 0 aliphatic carbocycles. The summed E-state index contributed by atoms with van der Waals surface area (Å²) in [7, 11) is -3.53. The van der Waals surface area contributed by atoms with E-state index in [1.54, 1.807) is 16.8 Å². The summed E-state index contributed by atoms with van der Waals surface area (Å²) >= 11 is 1.28. The van der Waals surface area contributed by atoms with Crippen LogP contribution in [-0.4, -0.2) is 51.0 Å². The fourth-order valence-electron chi connectivity index (χ4n) is 2.74. The summed E-state index contributed by atoms with van der Waals surface area (Å²) < 4.78 is 28.2. The molecule has 3 aromatic rings. The zero-order chi connectivity index (χ0) is 20.3. The monoisotopic (exact) mass is 418 g/mol. The van der Waals surface area contributed by atoms with Gasteiger partial charge >= 0.3 is 0 Å². The largest absolute Gasteiger partial charge is 0.248 e. The Morgan fingerprint density at radius 1 is 1.11 bits per heavy atom. The normalized spacial score (nSPS) is 11.9. The maximum absolute atomic E-state index is 12.6. The summed E-state index contributed by atoms with van der Waals surface area (Å²) in [5, 5.41) is 13.1. The second-order valence-corrected chi connectivity index (χ2v) is 9.04. The molecule has 0 aliphatic heterocycles. The summed E-state index contributed by atoms with van der Waals surface area (Å²) in [6.45, 7) is 8.51. The third kappa shape index (κ3) is 3.94. The zero-order valence-electron chi connectivity index (χ0n) is 16.2. The van der Waals surface area contributed by atoms with E-state index in [4.69, 9.17) is 0 Å². The van der Waals surface area contributed by atoms with Gasteiger partial charge in [0.05, 0.1) is 5.69 Å². The molecule has 0 saturated heterocycles. The van der Waals surface area contributed by atoms with E-state index in [9.17, 15) is 8.42 Å². The second kappa shape index (κ2) is 8.38. The van der Waals surface area contributed by atoms with E-state index in [-0.39, 0.29) is 4.90 Å². The molecule has 2 aromatic heterocycles. The lowest BCUT2D eigenvalue weighted by molar-refractivity contribution is 0.445. The Bertz CT molecular complexity index is 1060. The maximum Gasteiger partial charge on any atom is 0.244 e. The van der Waals surface area contributed by atoms with Gasteiger partial charge in [-0.3, -0.25) is 0 Å². The molecule has 0 atom stereocenters. The number of tetrazole rings is 1. The van der Waals surface area contributed by atoms with E-state index in [2.05, 4.69) is 20.5 Å². The first-order valence-corrected chi connectivity index (χ1v) is 11.1. The molecule has 8 nitrogen and oxygen atoms in total. The molecule has 28 heavy (non-hydrogen) atoms. The van der Waals surface area contributed by atoms with Crippen LogP contribution in [0.1, 0.15) is 25.0 Å². The Hall–Kier alpha value is -2.30. The number of aryl methyl sites for hydroxylation is 1. The number of aromatic nitrogens is 5. The summed E-state index contributed by atoms with van der Waals surface area (Å²) in [6.07, 6.45) is 1.38. The van der Waals surface area contributed by atoms with Gasteiger partial charge in [-0.05, 0) is 65.4 Å². The highest BCUT2D eigenvalue weighted by molar-refractivity contribution is 7.99. The Kier molecular flexibility index (Phi) is 6.11. The van der Waals surface area contributed by atoms with Crippen molar-refractivity contribution >= 4 is 21.8 Å². The Morgan fingerprint density at radius 3 is 2.50 bits per heavy atom. The first-order valence-electron chi connectivity index (χ1n) is 8.87. The molecular formula is C18H22N6O2S2. The lowest BCUT2D eigenvalue weighted by Crippen LogP contribution is -2.30. The van der Waals surface area contributed by atoms with Crippen molar-refractivity contribution in [3.05, 3.63) is 47.7 Å². The summed E-state index contributed by atoms with van der Waals surface area (Å²) in [5.74, 6) is 0. The molecule has 2 heterocycles. The van der Waals surface area contributed by atoms with Gasteiger partial charge in [-0.1, -0.05) is 26.0 Å². The molecule has 3 rings (SSSR count).